The molecule has 4 nitrogen and oxygen atoms in total. The van der Waals surface area contributed by atoms with E-state index in [-0.39, 0.29) is 5.41 Å². The van der Waals surface area contributed by atoms with E-state index in [1.807, 2.05) is 0 Å². The molecule has 128 valence electrons. The molecule has 1 saturated carbocycles. The fraction of sp³-hybridized carbons (Fsp3) is 0.650. The van der Waals surface area contributed by atoms with Gasteiger partial charge in [-0.15, -0.1) is 0 Å². The first-order chi connectivity index (χ1) is 11.7. The molecule has 24 heavy (non-hydrogen) atoms. The number of hydrogen-bond acceptors (Lipinski definition) is 3. The van der Waals surface area contributed by atoms with Crippen LogP contribution in [0.25, 0.3) is 0 Å². The van der Waals surface area contributed by atoms with Crippen LogP contribution in [0.15, 0.2) is 18.2 Å². The molecule has 1 aromatic rings. The number of methoxy groups -OCH3 is 1. The van der Waals surface area contributed by atoms with Crippen molar-refractivity contribution in [3.63, 3.8) is 0 Å². The highest BCUT2D eigenvalue weighted by Crippen LogP contribution is 2.53. The molecule has 1 aromatic carbocycles. The van der Waals surface area contributed by atoms with E-state index in [4.69, 9.17) is 9.47 Å². The normalized spacial score (nSPS) is 34.3. The number of likely N-dealkylation sites (tertiary alicyclic amines) is 1. The van der Waals surface area contributed by atoms with Crippen molar-refractivity contribution in [2.75, 3.05) is 26.9 Å². The summed E-state index contributed by atoms with van der Waals surface area (Å²) in [4.78, 5) is 15.1. The lowest BCUT2D eigenvalue weighted by atomic mass is 9.56. The molecule has 2 heterocycles. The van der Waals surface area contributed by atoms with E-state index in [2.05, 4.69) is 23.1 Å². The van der Waals surface area contributed by atoms with E-state index in [9.17, 15) is 4.79 Å². The minimum absolute atomic E-state index is 0.0748. The van der Waals surface area contributed by atoms with Crippen molar-refractivity contribution in [2.45, 2.75) is 43.6 Å². The standard InChI is InChI=1S/C20H25NO3/c1-23-15-5-4-14-10-18-16-6-9-24-12-20(16,17(14)11-15)7-8-21(18)19(22)13-2-3-13/h4-5,11,13,16,18H,2-3,6-10,12H2,1H3/t16-,18+,20-/m0/s1. The van der Waals surface area contributed by atoms with Crippen molar-refractivity contribution in [2.24, 2.45) is 11.8 Å². The van der Waals surface area contributed by atoms with E-state index < -0.39 is 0 Å². The lowest BCUT2D eigenvalue weighted by Gasteiger charge is -2.58. The number of fused-ring (bicyclic) bond motifs is 1. The molecular weight excluding hydrogens is 302 g/mol. The van der Waals surface area contributed by atoms with Gasteiger partial charge in [-0.1, -0.05) is 6.07 Å². The van der Waals surface area contributed by atoms with Crippen LogP contribution in [0, 0.1) is 11.8 Å². The second kappa shape index (κ2) is 5.22. The van der Waals surface area contributed by atoms with Crippen LogP contribution >= 0.6 is 0 Å². The number of carbonyl (C=O) groups is 1. The Balaban J connectivity index is 1.59. The van der Waals surface area contributed by atoms with Crippen molar-refractivity contribution in [1.29, 1.82) is 0 Å². The van der Waals surface area contributed by atoms with Gasteiger partial charge < -0.3 is 14.4 Å². The van der Waals surface area contributed by atoms with Gasteiger partial charge in [-0.3, -0.25) is 4.79 Å². The zero-order valence-corrected chi connectivity index (χ0v) is 14.3. The fourth-order valence-corrected chi connectivity index (χ4v) is 5.42. The summed E-state index contributed by atoms with van der Waals surface area (Å²) in [6.07, 6.45) is 5.26. The molecular formula is C20H25NO3. The quantitative estimate of drug-likeness (QED) is 0.838. The molecule has 1 amide bonds. The van der Waals surface area contributed by atoms with Crippen LogP contribution in [-0.2, 0) is 21.4 Å². The van der Waals surface area contributed by atoms with Crippen molar-refractivity contribution >= 4 is 5.91 Å². The summed E-state index contributed by atoms with van der Waals surface area (Å²) in [5.41, 5.74) is 2.88. The van der Waals surface area contributed by atoms with Crippen LogP contribution in [0.2, 0.25) is 0 Å². The number of nitrogens with zero attached hydrogens (tertiary/aromatic N) is 1. The minimum Gasteiger partial charge on any atom is -0.497 e. The summed E-state index contributed by atoms with van der Waals surface area (Å²) in [5.74, 6) is 2.19. The Morgan fingerprint density at radius 1 is 1.33 bits per heavy atom. The Bertz CT molecular complexity index is 683. The predicted molar refractivity (Wildman–Crippen MR) is 90.1 cm³/mol. The smallest absolute Gasteiger partial charge is 0.225 e. The maximum Gasteiger partial charge on any atom is 0.225 e. The average molecular weight is 327 g/mol. The third-order valence-corrected chi connectivity index (χ3v) is 6.80. The first-order valence-corrected chi connectivity index (χ1v) is 9.28. The second-order valence-electron chi connectivity index (χ2n) is 7.95. The molecule has 4 aliphatic rings. The number of hydrogen-bond donors (Lipinski definition) is 0. The Morgan fingerprint density at radius 2 is 2.21 bits per heavy atom. The predicted octanol–water partition coefficient (Wildman–Crippen LogP) is 2.54. The number of benzene rings is 1. The van der Waals surface area contributed by atoms with E-state index in [1.165, 1.54) is 11.1 Å². The molecule has 4 heteroatoms. The summed E-state index contributed by atoms with van der Waals surface area (Å²) in [6.45, 7) is 2.50. The zero-order chi connectivity index (χ0) is 16.3. The van der Waals surface area contributed by atoms with Gasteiger partial charge in [-0.25, -0.2) is 0 Å². The first-order valence-electron chi connectivity index (χ1n) is 9.28. The fourth-order valence-electron chi connectivity index (χ4n) is 5.42. The molecule has 2 aliphatic carbocycles. The van der Waals surface area contributed by atoms with Crippen molar-refractivity contribution in [3.8, 4) is 5.75 Å². The molecule has 5 rings (SSSR count). The highest BCUT2D eigenvalue weighted by atomic mass is 16.5. The van der Waals surface area contributed by atoms with Gasteiger partial charge in [-0.2, -0.15) is 0 Å². The van der Waals surface area contributed by atoms with Gasteiger partial charge >= 0.3 is 0 Å². The highest BCUT2D eigenvalue weighted by molar-refractivity contribution is 5.81. The molecule has 2 bridgehead atoms. The van der Waals surface area contributed by atoms with Crippen LogP contribution in [0.1, 0.15) is 36.8 Å². The molecule has 2 saturated heterocycles. The van der Waals surface area contributed by atoms with Crippen molar-refractivity contribution in [1.82, 2.24) is 4.90 Å². The molecule has 0 aromatic heterocycles. The second-order valence-corrected chi connectivity index (χ2v) is 7.95. The van der Waals surface area contributed by atoms with Crippen molar-refractivity contribution < 1.29 is 14.3 Å². The summed E-state index contributed by atoms with van der Waals surface area (Å²) in [7, 11) is 1.73. The molecule has 0 N–H and O–H groups in total. The van der Waals surface area contributed by atoms with Crippen LogP contribution in [0.4, 0.5) is 0 Å². The van der Waals surface area contributed by atoms with Gasteiger partial charge in [0, 0.05) is 30.5 Å². The number of rotatable bonds is 2. The van der Waals surface area contributed by atoms with Crippen LogP contribution in [0.3, 0.4) is 0 Å². The average Bonchev–Trinajstić information content (AvgIpc) is 3.46. The summed E-state index contributed by atoms with van der Waals surface area (Å²) < 4.78 is 11.4. The van der Waals surface area contributed by atoms with Gasteiger partial charge in [0.1, 0.15) is 5.75 Å². The summed E-state index contributed by atoms with van der Waals surface area (Å²) in [6, 6.07) is 6.85. The zero-order valence-electron chi connectivity index (χ0n) is 14.3. The van der Waals surface area contributed by atoms with E-state index in [1.54, 1.807) is 7.11 Å². The summed E-state index contributed by atoms with van der Waals surface area (Å²) in [5, 5.41) is 0. The van der Waals surface area contributed by atoms with Gasteiger partial charge in [0.15, 0.2) is 0 Å². The largest absolute Gasteiger partial charge is 0.497 e. The Morgan fingerprint density at radius 3 is 3.00 bits per heavy atom. The lowest BCUT2D eigenvalue weighted by molar-refractivity contribution is -0.146. The van der Waals surface area contributed by atoms with Gasteiger partial charge in [0.25, 0.3) is 0 Å². The van der Waals surface area contributed by atoms with Gasteiger partial charge in [0.05, 0.1) is 13.7 Å². The van der Waals surface area contributed by atoms with Gasteiger partial charge in [0.2, 0.25) is 5.91 Å². The molecule has 3 fully saturated rings. The number of carbonyl (C=O) groups excluding carboxylic acids is 1. The Hall–Kier alpha value is -1.55. The maximum absolute atomic E-state index is 12.8. The molecule has 0 unspecified atom stereocenters. The topological polar surface area (TPSA) is 38.8 Å². The number of ether oxygens (including phenoxy) is 2. The van der Waals surface area contributed by atoms with Crippen LogP contribution in [-0.4, -0.2) is 43.7 Å². The number of piperidine rings is 1. The maximum atomic E-state index is 12.8. The van der Waals surface area contributed by atoms with Crippen LogP contribution < -0.4 is 4.74 Å². The third kappa shape index (κ3) is 1.98. The molecule has 0 radical (unpaired) electrons. The minimum atomic E-state index is 0.0748. The first kappa shape index (κ1) is 14.8. The van der Waals surface area contributed by atoms with E-state index >= 15 is 0 Å². The van der Waals surface area contributed by atoms with E-state index in [0.717, 1.165) is 57.6 Å². The Kier molecular flexibility index (Phi) is 3.21. The molecule has 3 atom stereocenters. The Labute approximate surface area is 143 Å². The van der Waals surface area contributed by atoms with Crippen molar-refractivity contribution in [3.05, 3.63) is 29.3 Å². The number of amides is 1. The SMILES string of the molecule is COc1ccc2c(c1)[C@]13CCN(C(=O)C4CC4)[C@H](C2)[C@@H]1CCOC3. The van der Waals surface area contributed by atoms with E-state index in [0.29, 0.717) is 23.8 Å². The third-order valence-electron chi connectivity index (χ3n) is 6.80. The highest BCUT2D eigenvalue weighted by Gasteiger charge is 2.56. The van der Waals surface area contributed by atoms with Gasteiger partial charge in [-0.05, 0) is 61.3 Å². The molecule has 2 aliphatic heterocycles. The monoisotopic (exact) mass is 327 g/mol. The molecule has 0 spiro atoms. The summed E-state index contributed by atoms with van der Waals surface area (Å²) >= 11 is 0. The van der Waals surface area contributed by atoms with Crippen LogP contribution in [0.5, 0.6) is 5.75 Å². The lowest BCUT2D eigenvalue weighted by Crippen LogP contribution is -2.64.